The van der Waals surface area contributed by atoms with E-state index in [1.165, 1.54) is 0 Å². The van der Waals surface area contributed by atoms with Gasteiger partial charge in [-0.25, -0.2) is 0 Å². The maximum absolute atomic E-state index is 6.34. The van der Waals surface area contributed by atoms with Gasteiger partial charge in [0.25, 0.3) is 0 Å². The molecule has 0 bridgehead atoms. The predicted octanol–water partition coefficient (Wildman–Crippen LogP) is 3.50. The van der Waals surface area contributed by atoms with Crippen LogP contribution in [0.1, 0.15) is 17.0 Å². The van der Waals surface area contributed by atoms with Crippen LogP contribution >= 0.6 is 23.2 Å². The molecular weight excluding hydrogens is 307 g/mol. The monoisotopic (exact) mass is 322 g/mol. The summed E-state index contributed by atoms with van der Waals surface area (Å²) in [6.45, 7) is 3.03. The van der Waals surface area contributed by atoms with E-state index < -0.39 is 0 Å². The van der Waals surface area contributed by atoms with E-state index in [1.807, 2.05) is 36.9 Å². The van der Waals surface area contributed by atoms with Crippen LogP contribution in [-0.4, -0.2) is 14.3 Å². The first-order chi connectivity index (χ1) is 10.0. The normalized spacial score (nSPS) is 11.5. The summed E-state index contributed by atoms with van der Waals surface area (Å²) in [5.41, 5.74) is 9.79. The Morgan fingerprint density at radius 3 is 2.67 bits per heavy atom. The van der Waals surface area contributed by atoms with Gasteiger partial charge in [-0.2, -0.15) is 5.10 Å². The first kappa shape index (κ1) is 14.4. The molecule has 0 fully saturated rings. The zero-order valence-electron chi connectivity index (χ0n) is 11.9. The molecule has 2 aromatic heterocycles. The zero-order chi connectivity index (χ0) is 15.1. The molecule has 0 aliphatic rings. The molecule has 0 spiro atoms. The van der Waals surface area contributed by atoms with Crippen LogP contribution in [0.3, 0.4) is 0 Å². The summed E-state index contributed by atoms with van der Waals surface area (Å²) < 4.78 is 3.93. The molecule has 0 atom stereocenters. The van der Waals surface area contributed by atoms with E-state index in [-0.39, 0.29) is 0 Å². The Balaban J connectivity index is 2.14. The van der Waals surface area contributed by atoms with E-state index in [0.29, 0.717) is 23.1 Å². The molecule has 0 amide bonds. The van der Waals surface area contributed by atoms with Gasteiger partial charge in [-0.1, -0.05) is 29.3 Å². The summed E-state index contributed by atoms with van der Waals surface area (Å²) >= 11 is 12.5. The minimum absolute atomic E-state index is 0.489. The highest BCUT2D eigenvalue weighted by Gasteiger charge is 2.14. The lowest BCUT2D eigenvalue weighted by atomic mass is 10.2. The Kier molecular flexibility index (Phi) is 3.69. The first-order valence-corrected chi connectivity index (χ1v) is 7.42. The molecule has 2 heterocycles. The Morgan fingerprint density at radius 2 is 2.05 bits per heavy atom. The smallest absolute Gasteiger partial charge is 0.0865 e. The van der Waals surface area contributed by atoms with Gasteiger partial charge in [0.2, 0.25) is 0 Å². The number of hydrogen-bond acceptors (Lipinski definition) is 2. The van der Waals surface area contributed by atoms with Crippen molar-refractivity contribution in [3.05, 3.63) is 51.4 Å². The fraction of sp³-hybridized carbons (Fsp3) is 0.267. The van der Waals surface area contributed by atoms with E-state index in [1.54, 1.807) is 0 Å². The van der Waals surface area contributed by atoms with Crippen molar-refractivity contribution in [1.29, 1.82) is 0 Å². The van der Waals surface area contributed by atoms with Crippen molar-refractivity contribution in [2.75, 3.05) is 0 Å². The second kappa shape index (κ2) is 5.37. The summed E-state index contributed by atoms with van der Waals surface area (Å²) in [5, 5.41) is 6.88. The Labute approximate surface area is 133 Å². The minimum Gasteiger partial charge on any atom is -0.341 e. The van der Waals surface area contributed by atoms with Crippen LogP contribution in [0.15, 0.2) is 24.4 Å². The molecule has 3 aromatic rings. The highest BCUT2D eigenvalue weighted by molar-refractivity contribution is 6.32. The van der Waals surface area contributed by atoms with Gasteiger partial charge in [-0.05, 0) is 24.6 Å². The molecular formula is C15H16Cl2N4. The molecule has 0 saturated heterocycles. The topological polar surface area (TPSA) is 48.8 Å². The van der Waals surface area contributed by atoms with Crippen LogP contribution in [0.2, 0.25) is 10.0 Å². The van der Waals surface area contributed by atoms with Crippen LogP contribution in [0.25, 0.3) is 10.9 Å². The average molecular weight is 323 g/mol. The summed E-state index contributed by atoms with van der Waals surface area (Å²) in [5.74, 6) is 0. The molecule has 110 valence electrons. The molecule has 0 radical (unpaired) electrons. The Bertz CT molecular complexity index is 817. The quantitative estimate of drug-likeness (QED) is 0.802. The van der Waals surface area contributed by atoms with Gasteiger partial charge in [0.05, 0.1) is 28.5 Å². The minimum atomic E-state index is 0.489. The van der Waals surface area contributed by atoms with Crippen molar-refractivity contribution < 1.29 is 0 Å². The number of hydrogen-bond donors (Lipinski definition) is 1. The number of nitrogens with two attached hydrogens (primary N) is 1. The summed E-state index contributed by atoms with van der Waals surface area (Å²) in [6, 6.07) is 5.84. The third kappa shape index (κ3) is 2.44. The van der Waals surface area contributed by atoms with Crippen molar-refractivity contribution in [2.24, 2.45) is 12.8 Å². The highest BCUT2D eigenvalue weighted by Crippen LogP contribution is 2.27. The zero-order valence-corrected chi connectivity index (χ0v) is 13.4. The number of aromatic nitrogens is 3. The lowest BCUT2D eigenvalue weighted by Crippen LogP contribution is -2.05. The van der Waals surface area contributed by atoms with E-state index in [4.69, 9.17) is 28.9 Å². The molecule has 6 heteroatoms. The van der Waals surface area contributed by atoms with Crippen molar-refractivity contribution in [3.8, 4) is 0 Å². The van der Waals surface area contributed by atoms with E-state index in [0.717, 1.165) is 27.9 Å². The molecule has 1 aromatic carbocycles. The highest BCUT2D eigenvalue weighted by atomic mass is 35.5. The maximum atomic E-state index is 6.34. The molecule has 3 rings (SSSR count). The molecule has 0 aliphatic heterocycles. The Morgan fingerprint density at radius 1 is 1.29 bits per heavy atom. The van der Waals surface area contributed by atoms with Crippen molar-refractivity contribution >= 4 is 34.1 Å². The van der Waals surface area contributed by atoms with Gasteiger partial charge >= 0.3 is 0 Å². The van der Waals surface area contributed by atoms with Gasteiger partial charge in [0.15, 0.2) is 0 Å². The number of rotatable bonds is 3. The number of aryl methyl sites for hydroxylation is 2. The van der Waals surface area contributed by atoms with Gasteiger partial charge in [-0.15, -0.1) is 0 Å². The predicted molar refractivity (Wildman–Crippen MR) is 86.9 cm³/mol. The van der Waals surface area contributed by atoms with E-state index >= 15 is 0 Å². The molecule has 0 saturated carbocycles. The third-order valence-corrected chi connectivity index (χ3v) is 4.46. The van der Waals surface area contributed by atoms with Crippen LogP contribution in [0, 0.1) is 6.92 Å². The lowest BCUT2D eigenvalue weighted by molar-refractivity contribution is 0.672. The first-order valence-electron chi connectivity index (χ1n) is 6.66. The Hall–Kier alpha value is -1.49. The number of nitrogens with zero attached hydrogens (tertiary/aromatic N) is 3. The van der Waals surface area contributed by atoms with Gasteiger partial charge < -0.3 is 10.3 Å². The second-order valence-electron chi connectivity index (χ2n) is 5.12. The van der Waals surface area contributed by atoms with Gasteiger partial charge in [-0.3, -0.25) is 4.68 Å². The van der Waals surface area contributed by atoms with Crippen LogP contribution in [0.5, 0.6) is 0 Å². The van der Waals surface area contributed by atoms with Crippen molar-refractivity contribution in [3.63, 3.8) is 0 Å². The fourth-order valence-corrected chi connectivity index (χ4v) is 3.03. The number of benzene rings is 1. The number of fused-ring (bicyclic) bond motifs is 1. The summed E-state index contributed by atoms with van der Waals surface area (Å²) in [6.07, 6.45) is 2.06. The number of halogens is 2. The molecule has 4 nitrogen and oxygen atoms in total. The van der Waals surface area contributed by atoms with E-state index in [9.17, 15) is 0 Å². The maximum Gasteiger partial charge on any atom is 0.0865 e. The van der Waals surface area contributed by atoms with Gasteiger partial charge in [0.1, 0.15) is 0 Å². The van der Waals surface area contributed by atoms with Gasteiger partial charge in [0, 0.05) is 30.2 Å². The molecule has 2 N–H and O–H groups in total. The second-order valence-corrected chi connectivity index (χ2v) is 5.93. The summed E-state index contributed by atoms with van der Waals surface area (Å²) in [4.78, 5) is 0. The standard InChI is InChI=1S/C15H16Cl2N4/c1-9-15(17)14(20(2)19-9)8-21-7-10(6-18)12-4-3-11(16)5-13(12)21/h3-5,7H,6,8,18H2,1-2H3. The summed E-state index contributed by atoms with van der Waals surface area (Å²) in [7, 11) is 1.90. The molecule has 21 heavy (non-hydrogen) atoms. The molecule has 0 unspecified atom stereocenters. The lowest BCUT2D eigenvalue weighted by Gasteiger charge is -2.07. The van der Waals surface area contributed by atoms with Crippen LogP contribution in [-0.2, 0) is 20.1 Å². The van der Waals surface area contributed by atoms with Crippen LogP contribution < -0.4 is 5.73 Å². The van der Waals surface area contributed by atoms with Crippen LogP contribution in [0.4, 0.5) is 0 Å². The fourth-order valence-electron chi connectivity index (χ4n) is 2.65. The SMILES string of the molecule is Cc1nn(C)c(Cn2cc(CN)c3ccc(Cl)cc32)c1Cl. The third-order valence-electron chi connectivity index (χ3n) is 3.73. The largest absolute Gasteiger partial charge is 0.341 e. The van der Waals surface area contributed by atoms with Crippen molar-refractivity contribution in [2.45, 2.75) is 20.0 Å². The van der Waals surface area contributed by atoms with Crippen molar-refractivity contribution in [1.82, 2.24) is 14.3 Å². The molecule has 0 aliphatic carbocycles. The van der Waals surface area contributed by atoms with E-state index in [2.05, 4.69) is 15.9 Å². The average Bonchev–Trinajstić information content (AvgIpc) is 2.91.